The van der Waals surface area contributed by atoms with Crippen LogP contribution >= 0.6 is 11.8 Å². The van der Waals surface area contributed by atoms with Crippen LogP contribution < -0.4 is 0 Å². The summed E-state index contributed by atoms with van der Waals surface area (Å²) in [7, 11) is 4.55. The number of carbonyl (C=O) groups excluding carboxylic acids is 2. The SMILES string of the molecule is COC(=O)CCC/C=C/C[C@H]1C(=O)C=CS[C@H]1C(OC)OC. The maximum Gasteiger partial charge on any atom is 0.305 e. The number of hydrogen-bond donors (Lipinski definition) is 0. The number of ketones is 1. The minimum absolute atomic E-state index is 0.0489. The Balaban J connectivity index is 2.47. The predicted molar refractivity (Wildman–Crippen MR) is 86.4 cm³/mol. The van der Waals surface area contributed by atoms with E-state index in [-0.39, 0.29) is 22.9 Å². The van der Waals surface area contributed by atoms with Crippen LogP contribution in [0.2, 0.25) is 0 Å². The molecule has 0 aromatic carbocycles. The molecule has 0 N–H and O–H groups in total. The number of rotatable bonds is 9. The predicted octanol–water partition coefficient (Wildman–Crippen LogP) is 2.71. The highest BCUT2D eigenvalue weighted by atomic mass is 32.2. The van der Waals surface area contributed by atoms with Crippen LogP contribution in [0.3, 0.4) is 0 Å². The largest absolute Gasteiger partial charge is 0.469 e. The number of esters is 1. The van der Waals surface area contributed by atoms with Gasteiger partial charge in [0.05, 0.1) is 12.4 Å². The van der Waals surface area contributed by atoms with Crippen molar-refractivity contribution in [1.29, 1.82) is 0 Å². The zero-order chi connectivity index (χ0) is 16.4. The third kappa shape index (κ3) is 5.94. The van der Waals surface area contributed by atoms with Crippen molar-refractivity contribution in [3.8, 4) is 0 Å². The van der Waals surface area contributed by atoms with Crippen molar-refractivity contribution in [2.24, 2.45) is 5.92 Å². The Morgan fingerprint density at radius 1 is 1.32 bits per heavy atom. The summed E-state index contributed by atoms with van der Waals surface area (Å²) >= 11 is 1.56. The smallest absolute Gasteiger partial charge is 0.305 e. The molecule has 0 aromatic rings. The molecule has 0 saturated heterocycles. The first-order valence-corrected chi connectivity index (χ1v) is 8.21. The molecule has 124 valence electrons. The lowest BCUT2D eigenvalue weighted by Crippen LogP contribution is -2.38. The van der Waals surface area contributed by atoms with E-state index in [0.29, 0.717) is 12.8 Å². The minimum Gasteiger partial charge on any atom is -0.469 e. The second-order valence-electron chi connectivity index (χ2n) is 4.93. The Morgan fingerprint density at radius 3 is 2.68 bits per heavy atom. The van der Waals surface area contributed by atoms with Gasteiger partial charge in [0, 0.05) is 26.6 Å². The van der Waals surface area contributed by atoms with E-state index >= 15 is 0 Å². The topological polar surface area (TPSA) is 61.8 Å². The molecule has 1 rings (SSSR count). The number of ether oxygens (including phenoxy) is 3. The van der Waals surface area contributed by atoms with Gasteiger partial charge < -0.3 is 14.2 Å². The first kappa shape index (κ1) is 18.9. The van der Waals surface area contributed by atoms with E-state index in [1.54, 1.807) is 37.5 Å². The standard InChI is InChI=1S/C16H24O5S/c1-19-14(18)9-7-5-4-6-8-12-13(17)10-11-22-15(12)16(20-2)21-3/h4,6,10-12,15-16H,5,7-9H2,1-3H3/b6-4+/t12-,15+/m0/s1. The summed E-state index contributed by atoms with van der Waals surface area (Å²) in [5.74, 6) is -0.251. The number of methoxy groups -OCH3 is 3. The Bertz CT molecular complexity index is 415. The van der Waals surface area contributed by atoms with E-state index in [4.69, 9.17) is 9.47 Å². The first-order chi connectivity index (χ1) is 10.6. The van der Waals surface area contributed by atoms with Crippen molar-refractivity contribution in [3.63, 3.8) is 0 Å². The van der Waals surface area contributed by atoms with Crippen LogP contribution in [-0.4, -0.2) is 44.6 Å². The van der Waals surface area contributed by atoms with E-state index in [2.05, 4.69) is 4.74 Å². The summed E-state index contributed by atoms with van der Waals surface area (Å²) in [5, 5.41) is 1.75. The molecule has 1 aliphatic heterocycles. The van der Waals surface area contributed by atoms with Crippen molar-refractivity contribution in [2.45, 2.75) is 37.2 Å². The Kier molecular flexibility index (Phi) is 9.11. The Hall–Kier alpha value is -1.11. The van der Waals surface area contributed by atoms with Crippen LogP contribution in [0.5, 0.6) is 0 Å². The van der Waals surface area contributed by atoms with E-state index < -0.39 is 6.29 Å². The average Bonchev–Trinajstić information content (AvgIpc) is 2.53. The molecule has 0 bridgehead atoms. The normalized spacial score (nSPS) is 21.7. The molecule has 1 aliphatic rings. The molecular weight excluding hydrogens is 304 g/mol. The fourth-order valence-electron chi connectivity index (χ4n) is 2.27. The zero-order valence-corrected chi connectivity index (χ0v) is 14.1. The molecule has 22 heavy (non-hydrogen) atoms. The second kappa shape index (κ2) is 10.6. The van der Waals surface area contributed by atoms with Crippen LogP contribution in [0.15, 0.2) is 23.6 Å². The van der Waals surface area contributed by atoms with Gasteiger partial charge in [-0.2, -0.15) is 0 Å². The van der Waals surface area contributed by atoms with Gasteiger partial charge >= 0.3 is 5.97 Å². The van der Waals surface area contributed by atoms with Crippen molar-refractivity contribution in [3.05, 3.63) is 23.6 Å². The van der Waals surface area contributed by atoms with Gasteiger partial charge in [0.2, 0.25) is 0 Å². The zero-order valence-electron chi connectivity index (χ0n) is 13.3. The van der Waals surface area contributed by atoms with E-state index in [1.165, 1.54) is 7.11 Å². The van der Waals surface area contributed by atoms with Gasteiger partial charge in [0.25, 0.3) is 0 Å². The fraction of sp³-hybridized carbons (Fsp3) is 0.625. The molecular formula is C16H24O5S. The van der Waals surface area contributed by atoms with Crippen LogP contribution in [0.1, 0.15) is 25.7 Å². The fourth-order valence-corrected chi connectivity index (χ4v) is 3.45. The molecule has 0 unspecified atom stereocenters. The summed E-state index contributed by atoms with van der Waals surface area (Å²) in [6.45, 7) is 0. The van der Waals surface area contributed by atoms with Gasteiger partial charge in [-0.05, 0) is 30.7 Å². The van der Waals surface area contributed by atoms with Crippen molar-refractivity contribution in [1.82, 2.24) is 0 Å². The van der Waals surface area contributed by atoms with Crippen LogP contribution in [0.4, 0.5) is 0 Å². The van der Waals surface area contributed by atoms with Crippen molar-refractivity contribution in [2.75, 3.05) is 21.3 Å². The summed E-state index contributed by atoms with van der Waals surface area (Å²) in [4.78, 5) is 23.1. The van der Waals surface area contributed by atoms with E-state index in [9.17, 15) is 9.59 Å². The maximum atomic E-state index is 12.1. The van der Waals surface area contributed by atoms with Crippen molar-refractivity contribution >= 4 is 23.5 Å². The van der Waals surface area contributed by atoms with Gasteiger partial charge in [-0.1, -0.05) is 12.2 Å². The first-order valence-electron chi connectivity index (χ1n) is 7.27. The third-order valence-corrected chi connectivity index (χ3v) is 4.66. The minimum atomic E-state index is -0.406. The number of unbranched alkanes of at least 4 members (excludes halogenated alkanes) is 1. The summed E-state index contributed by atoms with van der Waals surface area (Å²) < 4.78 is 15.2. The van der Waals surface area contributed by atoms with Gasteiger partial charge in [-0.15, -0.1) is 11.8 Å². The van der Waals surface area contributed by atoms with Crippen LogP contribution in [0.25, 0.3) is 0 Å². The van der Waals surface area contributed by atoms with Gasteiger partial charge in [0.15, 0.2) is 12.1 Å². The highest BCUT2D eigenvalue weighted by Gasteiger charge is 2.35. The van der Waals surface area contributed by atoms with Crippen LogP contribution in [-0.2, 0) is 23.8 Å². The molecule has 1 heterocycles. The second-order valence-corrected chi connectivity index (χ2v) is 6.02. The molecule has 0 spiro atoms. The summed E-state index contributed by atoms with van der Waals surface area (Å²) in [6.07, 6.45) is 7.80. The highest BCUT2D eigenvalue weighted by molar-refractivity contribution is 8.02. The molecule has 0 amide bonds. The molecule has 0 radical (unpaired) electrons. The molecule has 0 aliphatic carbocycles. The number of thioether (sulfide) groups is 1. The van der Waals surface area contributed by atoms with E-state index in [1.807, 2.05) is 12.2 Å². The van der Waals surface area contributed by atoms with Gasteiger partial charge in [-0.3, -0.25) is 9.59 Å². The van der Waals surface area contributed by atoms with Crippen LogP contribution in [0, 0.1) is 5.92 Å². The lowest BCUT2D eigenvalue weighted by Gasteiger charge is -2.30. The average molecular weight is 328 g/mol. The molecule has 2 atom stereocenters. The maximum absolute atomic E-state index is 12.1. The molecule has 0 aromatic heterocycles. The summed E-state index contributed by atoms with van der Waals surface area (Å²) in [6, 6.07) is 0. The van der Waals surface area contributed by atoms with E-state index in [0.717, 1.165) is 12.8 Å². The molecule has 0 saturated carbocycles. The summed E-state index contributed by atoms with van der Waals surface area (Å²) in [5.41, 5.74) is 0. The van der Waals surface area contributed by atoms with Gasteiger partial charge in [0.1, 0.15) is 0 Å². The Labute approximate surface area is 136 Å². The monoisotopic (exact) mass is 328 g/mol. The van der Waals surface area contributed by atoms with Crippen molar-refractivity contribution < 1.29 is 23.8 Å². The Morgan fingerprint density at radius 2 is 2.05 bits per heavy atom. The third-order valence-electron chi connectivity index (χ3n) is 3.50. The molecule has 0 fully saturated rings. The molecule has 6 heteroatoms. The molecule has 5 nitrogen and oxygen atoms in total. The quantitative estimate of drug-likeness (QED) is 0.281. The lowest BCUT2D eigenvalue weighted by atomic mass is 9.94. The highest BCUT2D eigenvalue weighted by Crippen LogP contribution is 2.33. The number of allylic oxidation sites excluding steroid dienone is 3. The number of carbonyl (C=O) groups is 2. The lowest BCUT2D eigenvalue weighted by molar-refractivity contribution is -0.140. The number of hydrogen-bond acceptors (Lipinski definition) is 6. The van der Waals surface area contributed by atoms with Gasteiger partial charge in [-0.25, -0.2) is 0 Å².